The lowest BCUT2D eigenvalue weighted by molar-refractivity contribution is -0.123. The van der Waals surface area contributed by atoms with Crippen molar-refractivity contribution < 1.29 is 13.9 Å². The van der Waals surface area contributed by atoms with Crippen LogP contribution in [0.5, 0.6) is 5.75 Å². The predicted molar refractivity (Wildman–Crippen MR) is 105 cm³/mol. The van der Waals surface area contributed by atoms with E-state index in [1.165, 1.54) is 17.4 Å². The fourth-order valence-electron chi connectivity index (χ4n) is 2.70. The molecular weight excluding hydrogens is 379 g/mol. The van der Waals surface area contributed by atoms with Crippen LogP contribution in [0.2, 0.25) is 0 Å². The lowest BCUT2D eigenvalue weighted by Gasteiger charge is -2.07. The van der Waals surface area contributed by atoms with Gasteiger partial charge in [0.2, 0.25) is 4.96 Å². The summed E-state index contributed by atoms with van der Waals surface area (Å²) in [5.41, 5.74) is 1.27. The second-order valence-electron chi connectivity index (χ2n) is 6.04. The standard InChI is InChI=1S/C20H17FN4O2S/c21-17-9-5-4-8-16(17)19-23-20-25(24-19)14(13-28-20)10-11-22-18(26)12-27-15-6-2-1-3-7-15/h1-9,13H,10-12H2,(H,22,26). The molecule has 6 nitrogen and oxygen atoms in total. The van der Waals surface area contributed by atoms with Gasteiger partial charge in [0.15, 0.2) is 12.4 Å². The van der Waals surface area contributed by atoms with Crippen molar-refractivity contribution >= 4 is 22.2 Å². The average molecular weight is 396 g/mol. The van der Waals surface area contributed by atoms with Crippen molar-refractivity contribution in [1.82, 2.24) is 19.9 Å². The van der Waals surface area contributed by atoms with Crippen LogP contribution in [0.4, 0.5) is 4.39 Å². The first-order valence-electron chi connectivity index (χ1n) is 8.73. The van der Waals surface area contributed by atoms with Crippen molar-refractivity contribution in [3.63, 3.8) is 0 Å². The van der Waals surface area contributed by atoms with Crippen LogP contribution >= 0.6 is 11.3 Å². The Morgan fingerprint density at radius 2 is 1.93 bits per heavy atom. The number of fused-ring (bicyclic) bond motifs is 1. The number of thiazole rings is 1. The molecule has 142 valence electrons. The summed E-state index contributed by atoms with van der Waals surface area (Å²) in [7, 11) is 0. The van der Waals surface area contributed by atoms with E-state index in [2.05, 4.69) is 15.4 Å². The van der Waals surface area contributed by atoms with E-state index >= 15 is 0 Å². The number of amides is 1. The molecule has 0 fully saturated rings. The van der Waals surface area contributed by atoms with Gasteiger partial charge in [-0.25, -0.2) is 8.91 Å². The fourth-order valence-corrected chi connectivity index (χ4v) is 3.56. The zero-order chi connectivity index (χ0) is 19.3. The molecule has 1 N–H and O–H groups in total. The third-order valence-electron chi connectivity index (χ3n) is 4.08. The second kappa shape index (κ2) is 8.18. The minimum absolute atomic E-state index is 0.0379. The number of benzene rings is 2. The molecule has 0 radical (unpaired) electrons. The Kier molecular flexibility index (Phi) is 5.29. The second-order valence-corrected chi connectivity index (χ2v) is 6.87. The van der Waals surface area contributed by atoms with Gasteiger partial charge in [0.25, 0.3) is 5.91 Å². The number of para-hydroxylation sites is 1. The Hall–Kier alpha value is -3.26. The zero-order valence-corrected chi connectivity index (χ0v) is 15.7. The number of carbonyl (C=O) groups excluding carboxylic acids is 1. The highest BCUT2D eigenvalue weighted by Gasteiger charge is 2.14. The number of halogens is 1. The van der Waals surface area contributed by atoms with Crippen LogP contribution in [0.1, 0.15) is 5.69 Å². The van der Waals surface area contributed by atoms with E-state index in [0.717, 1.165) is 5.69 Å². The van der Waals surface area contributed by atoms with Gasteiger partial charge >= 0.3 is 0 Å². The van der Waals surface area contributed by atoms with E-state index in [1.807, 2.05) is 23.6 Å². The summed E-state index contributed by atoms with van der Waals surface area (Å²) in [5, 5.41) is 9.18. The van der Waals surface area contributed by atoms with E-state index in [1.54, 1.807) is 34.8 Å². The van der Waals surface area contributed by atoms with E-state index in [-0.39, 0.29) is 18.3 Å². The van der Waals surface area contributed by atoms with Gasteiger partial charge in [-0.1, -0.05) is 30.3 Å². The fraction of sp³-hybridized carbons (Fsp3) is 0.150. The number of hydrogen-bond acceptors (Lipinski definition) is 5. The third kappa shape index (κ3) is 4.01. The molecule has 0 atom stereocenters. The molecule has 2 heterocycles. The van der Waals surface area contributed by atoms with Crippen LogP contribution < -0.4 is 10.1 Å². The van der Waals surface area contributed by atoms with Crippen LogP contribution in [0.3, 0.4) is 0 Å². The Balaban J connectivity index is 1.35. The molecule has 1 amide bonds. The molecule has 0 aliphatic rings. The van der Waals surface area contributed by atoms with E-state index in [9.17, 15) is 9.18 Å². The predicted octanol–water partition coefficient (Wildman–Crippen LogP) is 3.33. The lowest BCUT2D eigenvalue weighted by Crippen LogP contribution is -2.30. The minimum atomic E-state index is -0.354. The molecule has 0 saturated carbocycles. The molecule has 2 aromatic heterocycles. The van der Waals surface area contributed by atoms with Gasteiger partial charge in [0.1, 0.15) is 11.6 Å². The molecule has 4 rings (SSSR count). The molecule has 28 heavy (non-hydrogen) atoms. The minimum Gasteiger partial charge on any atom is -0.484 e. The maximum absolute atomic E-state index is 14.0. The zero-order valence-electron chi connectivity index (χ0n) is 14.8. The maximum atomic E-state index is 14.0. The van der Waals surface area contributed by atoms with E-state index in [4.69, 9.17) is 4.74 Å². The van der Waals surface area contributed by atoms with Crippen molar-refractivity contribution in [2.24, 2.45) is 0 Å². The normalized spacial score (nSPS) is 10.9. The average Bonchev–Trinajstić information content (AvgIpc) is 3.29. The number of rotatable bonds is 7. The van der Waals surface area contributed by atoms with Crippen LogP contribution in [-0.2, 0) is 11.2 Å². The van der Waals surface area contributed by atoms with Crippen molar-refractivity contribution in [3.8, 4) is 17.1 Å². The number of nitrogens with zero attached hydrogens (tertiary/aromatic N) is 3. The van der Waals surface area contributed by atoms with Crippen molar-refractivity contribution in [2.75, 3.05) is 13.2 Å². The Bertz CT molecular complexity index is 1090. The highest BCUT2D eigenvalue weighted by Crippen LogP contribution is 2.23. The highest BCUT2D eigenvalue weighted by atomic mass is 32.1. The summed E-state index contributed by atoms with van der Waals surface area (Å²) in [6, 6.07) is 15.6. The van der Waals surface area contributed by atoms with Crippen LogP contribution in [0.15, 0.2) is 60.0 Å². The molecule has 0 aliphatic carbocycles. The molecule has 0 aliphatic heterocycles. The van der Waals surface area contributed by atoms with Gasteiger partial charge in [-0.3, -0.25) is 4.79 Å². The Morgan fingerprint density at radius 1 is 1.14 bits per heavy atom. The molecule has 4 aromatic rings. The maximum Gasteiger partial charge on any atom is 0.257 e. The largest absolute Gasteiger partial charge is 0.484 e. The SMILES string of the molecule is O=C(COc1ccccc1)NCCc1csc2nc(-c3ccccc3F)nn12. The topological polar surface area (TPSA) is 68.5 Å². The summed E-state index contributed by atoms with van der Waals surface area (Å²) < 4.78 is 21.1. The molecule has 0 bridgehead atoms. The number of ether oxygens (including phenoxy) is 1. The number of aromatic nitrogens is 3. The van der Waals surface area contributed by atoms with E-state index in [0.29, 0.717) is 35.1 Å². The summed E-state index contributed by atoms with van der Waals surface area (Å²) in [5.74, 6) is 0.459. The third-order valence-corrected chi connectivity index (χ3v) is 4.95. The summed E-state index contributed by atoms with van der Waals surface area (Å²) in [6.45, 7) is 0.404. The number of carbonyl (C=O) groups is 1. The summed E-state index contributed by atoms with van der Waals surface area (Å²) in [4.78, 5) is 17.0. The van der Waals surface area contributed by atoms with Crippen LogP contribution in [0.25, 0.3) is 16.3 Å². The molecule has 0 spiro atoms. The molecule has 8 heteroatoms. The van der Waals surface area contributed by atoms with E-state index < -0.39 is 0 Å². The highest BCUT2D eigenvalue weighted by molar-refractivity contribution is 7.15. The van der Waals surface area contributed by atoms with Gasteiger partial charge in [-0.15, -0.1) is 16.4 Å². The quantitative estimate of drug-likeness (QED) is 0.520. The van der Waals surface area contributed by atoms with Crippen molar-refractivity contribution in [3.05, 3.63) is 71.5 Å². The first-order valence-corrected chi connectivity index (χ1v) is 9.61. The van der Waals surface area contributed by atoms with Gasteiger partial charge in [-0.05, 0) is 24.3 Å². The molecular formula is C20H17FN4O2S. The van der Waals surface area contributed by atoms with Crippen LogP contribution in [0, 0.1) is 5.82 Å². The van der Waals surface area contributed by atoms with Gasteiger partial charge in [0, 0.05) is 18.3 Å². The Morgan fingerprint density at radius 3 is 2.75 bits per heavy atom. The molecule has 2 aromatic carbocycles. The molecule has 0 unspecified atom stereocenters. The lowest BCUT2D eigenvalue weighted by atomic mass is 10.2. The van der Waals surface area contributed by atoms with Crippen LogP contribution in [-0.4, -0.2) is 33.7 Å². The first-order chi connectivity index (χ1) is 13.7. The Labute approximate surface area is 164 Å². The van der Waals surface area contributed by atoms with Crippen molar-refractivity contribution in [2.45, 2.75) is 6.42 Å². The smallest absolute Gasteiger partial charge is 0.257 e. The summed E-state index contributed by atoms with van der Waals surface area (Å²) in [6.07, 6.45) is 0.581. The summed E-state index contributed by atoms with van der Waals surface area (Å²) >= 11 is 1.43. The van der Waals surface area contributed by atoms with Gasteiger partial charge in [0.05, 0.1) is 11.3 Å². The first kappa shape index (κ1) is 18.1. The van der Waals surface area contributed by atoms with Crippen molar-refractivity contribution in [1.29, 1.82) is 0 Å². The van der Waals surface area contributed by atoms with Gasteiger partial charge in [-0.2, -0.15) is 4.98 Å². The monoisotopic (exact) mass is 396 g/mol. The number of hydrogen-bond donors (Lipinski definition) is 1. The molecule has 0 saturated heterocycles. The number of nitrogens with one attached hydrogen (secondary N) is 1. The van der Waals surface area contributed by atoms with Gasteiger partial charge < -0.3 is 10.1 Å².